The smallest absolute Gasteiger partial charge is 0.287 e. The second-order valence-corrected chi connectivity index (χ2v) is 7.13. The molecule has 1 aliphatic heterocycles. The number of carbonyl (C=O) groups is 1. The molecule has 2 aromatic heterocycles. The summed E-state index contributed by atoms with van der Waals surface area (Å²) in [5.41, 5.74) is 0.627. The van der Waals surface area contributed by atoms with E-state index in [1.165, 1.54) is 10.7 Å². The van der Waals surface area contributed by atoms with Crippen LogP contribution in [0.2, 0.25) is 0 Å². The van der Waals surface area contributed by atoms with Gasteiger partial charge in [-0.05, 0) is 37.6 Å². The van der Waals surface area contributed by atoms with Gasteiger partial charge in [-0.3, -0.25) is 14.5 Å². The molecule has 0 bridgehead atoms. The maximum atomic E-state index is 12.5. The summed E-state index contributed by atoms with van der Waals surface area (Å²) in [6.45, 7) is 2.82. The first kappa shape index (κ1) is 18.4. The Labute approximate surface area is 162 Å². The third-order valence-electron chi connectivity index (χ3n) is 5.28. The third kappa shape index (κ3) is 4.14. The summed E-state index contributed by atoms with van der Waals surface area (Å²) in [6, 6.07) is 12.8. The Morgan fingerprint density at radius 3 is 2.93 bits per heavy atom. The predicted molar refractivity (Wildman–Crippen MR) is 106 cm³/mol. The zero-order valence-corrected chi connectivity index (χ0v) is 15.7. The van der Waals surface area contributed by atoms with E-state index >= 15 is 0 Å². The van der Waals surface area contributed by atoms with Crippen molar-refractivity contribution in [2.24, 2.45) is 0 Å². The van der Waals surface area contributed by atoms with Crippen molar-refractivity contribution in [3.8, 4) is 0 Å². The summed E-state index contributed by atoms with van der Waals surface area (Å²) in [6.07, 6.45) is 4.93. The van der Waals surface area contributed by atoms with E-state index in [1.54, 1.807) is 18.3 Å². The fraction of sp³-hybridized carbons (Fsp3) is 0.381. The Balaban J connectivity index is 1.36. The van der Waals surface area contributed by atoms with Crippen molar-refractivity contribution in [2.75, 3.05) is 19.6 Å². The molecule has 1 atom stereocenters. The van der Waals surface area contributed by atoms with Gasteiger partial charge in [-0.15, -0.1) is 0 Å². The number of aromatic nitrogens is 2. The lowest BCUT2D eigenvalue weighted by molar-refractivity contribution is 0.0885. The van der Waals surface area contributed by atoms with E-state index in [1.807, 2.05) is 24.3 Å². The van der Waals surface area contributed by atoms with Crippen molar-refractivity contribution in [1.29, 1.82) is 0 Å². The van der Waals surface area contributed by atoms with E-state index in [0.717, 1.165) is 37.7 Å². The van der Waals surface area contributed by atoms with E-state index in [4.69, 9.17) is 4.42 Å². The summed E-state index contributed by atoms with van der Waals surface area (Å²) >= 11 is 0. The van der Waals surface area contributed by atoms with Gasteiger partial charge < -0.3 is 9.73 Å². The highest BCUT2D eigenvalue weighted by atomic mass is 16.3. The molecule has 1 saturated heterocycles. The van der Waals surface area contributed by atoms with Crippen LogP contribution in [-0.2, 0) is 6.54 Å². The van der Waals surface area contributed by atoms with Crippen molar-refractivity contribution in [3.63, 3.8) is 0 Å². The quantitative estimate of drug-likeness (QED) is 0.710. The van der Waals surface area contributed by atoms with Crippen LogP contribution in [0.3, 0.4) is 0 Å². The van der Waals surface area contributed by atoms with E-state index in [0.29, 0.717) is 24.4 Å². The molecule has 4 rings (SSSR count). The maximum absolute atomic E-state index is 12.5. The molecule has 0 radical (unpaired) electrons. The van der Waals surface area contributed by atoms with Crippen LogP contribution in [0.1, 0.15) is 29.8 Å². The normalized spacial score (nSPS) is 17.6. The minimum absolute atomic E-state index is 0.0887. The van der Waals surface area contributed by atoms with Crippen molar-refractivity contribution < 1.29 is 9.21 Å². The van der Waals surface area contributed by atoms with Crippen molar-refractivity contribution >= 4 is 16.9 Å². The predicted octanol–water partition coefficient (Wildman–Crippen LogP) is 2.27. The SMILES string of the molecule is O=C(NCC1CCCCN1CCn1ncccc1=O)c1cc2ccccc2o1. The highest BCUT2D eigenvalue weighted by molar-refractivity contribution is 5.96. The van der Waals surface area contributed by atoms with E-state index in [-0.39, 0.29) is 17.5 Å². The monoisotopic (exact) mass is 380 g/mol. The van der Waals surface area contributed by atoms with Crippen LogP contribution in [-0.4, -0.2) is 46.3 Å². The van der Waals surface area contributed by atoms with Crippen molar-refractivity contribution in [3.05, 3.63) is 64.8 Å². The summed E-state index contributed by atoms with van der Waals surface area (Å²) in [7, 11) is 0. The Bertz CT molecular complexity index is 977. The third-order valence-corrected chi connectivity index (χ3v) is 5.28. The Hall–Kier alpha value is -2.93. The molecule has 1 aliphatic rings. The zero-order chi connectivity index (χ0) is 19.3. The number of likely N-dealkylation sites (tertiary alicyclic amines) is 1. The lowest BCUT2D eigenvalue weighted by Crippen LogP contribution is -2.48. The van der Waals surface area contributed by atoms with E-state index < -0.39 is 0 Å². The highest BCUT2D eigenvalue weighted by Gasteiger charge is 2.23. The molecule has 1 unspecified atom stereocenters. The van der Waals surface area contributed by atoms with Gasteiger partial charge in [0.05, 0.1) is 6.54 Å². The summed E-state index contributed by atoms with van der Waals surface area (Å²) in [5.74, 6) is 0.145. The number of rotatable bonds is 6. The van der Waals surface area contributed by atoms with Crippen LogP contribution in [0.5, 0.6) is 0 Å². The van der Waals surface area contributed by atoms with Gasteiger partial charge in [0.25, 0.3) is 11.5 Å². The van der Waals surface area contributed by atoms with Gasteiger partial charge in [-0.2, -0.15) is 5.10 Å². The topological polar surface area (TPSA) is 80.4 Å². The average molecular weight is 380 g/mol. The number of furan rings is 1. The largest absolute Gasteiger partial charge is 0.451 e. The standard InChI is InChI=1S/C21H24N4O3/c26-20-9-5-10-23-25(20)13-12-24-11-4-3-7-17(24)15-22-21(27)19-14-16-6-1-2-8-18(16)28-19/h1-2,5-6,8-10,14,17H,3-4,7,11-13,15H2,(H,22,27). The lowest BCUT2D eigenvalue weighted by Gasteiger charge is -2.35. The van der Waals surface area contributed by atoms with Gasteiger partial charge in [0.2, 0.25) is 0 Å². The first-order chi connectivity index (χ1) is 13.7. The van der Waals surface area contributed by atoms with Crippen LogP contribution >= 0.6 is 0 Å². The second kappa shape index (κ2) is 8.39. The van der Waals surface area contributed by atoms with Crippen molar-refractivity contribution in [2.45, 2.75) is 31.8 Å². The fourth-order valence-corrected chi connectivity index (χ4v) is 3.76. The van der Waals surface area contributed by atoms with Crippen LogP contribution < -0.4 is 10.9 Å². The minimum Gasteiger partial charge on any atom is -0.451 e. The number of amides is 1. The lowest BCUT2D eigenvalue weighted by atomic mass is 10.0. The van der Waals surface area contributed by atoms with Gasteiger partial charge in [-0.1, -0.05) is 24.6 Å². The Morgan fingerprint density at radius 2 is 2.07 bits per heavy atom. The van der Waals surface area contributed by atoms with Crippen molar-refractivity contribution in [1.82, 2.24) is 20.0 Å². The van der Waals surface area contributed by atoms with Crippen LogP contribution in [0, 0.1) is 0 Å². The van der Waals surface area contributed by atoms with Gasteiger partial charge in [0, 0.05) is 36.8 Å². The molecule has 1 N–H and O–H groups in total. The molecular formula is C21H24N4O3. The molecule has 3 heterocycles. The number of para-hydroxylation sites is 1. The number of piperidine rings is 1. The molecular weight excluding hydrogens is 356 g/mol. The molecule has 0 aliphatic carbocycles. The van der Waals surface area contributed by atoms with E-state index in [9.17, 15) is 9.59 Å². The molecule has 7 nitrogen and oxygen atoms in total. The van der Waals surface area contributed by atoms with E-state index in [2.05, 4.69) is 15.3 Å². The van der Waals surface area contributed by atoms with Gasteiger partial charge in [-0.25, -0.2) is 4.68 Å². The zero-order valence-electron chi connectivity index (χ0n) is 15.7. The molecule has 0 spiro atoms. The molecule has 1 fully saturated rings. The summed E-state index contributed by atoms with van der Waals surface area (Å²) < 4.78 is 7.13. The fourth-order valence-electron chi connectivity index (χ4n) is 3.76. The number of benzene rings is 1. The first-order valence-electron chi connectivity index (χ1n) is 9.74. The number of hydrogen-bond acceptors (Lipinski definition) is 5. The molecule has 146 valence electrons. The number of nitrogens with one attached hydrogen (secondary N) is 1. The summed E-state index contributed by atoms with van der Waals surface area (Å²) in [4.78, 5) is 26.7. The first-order valence-corrected chi connectivity index (χ1v) is 9.74. The molecule has 1 amide bonds. The minimum atomic E-state index is -0.192. The molecule has 0 saturated carbocycles. The van der Waals surface area contributed by atoms with Crippen LogP contribution in [0.15, 0.2) is 57.9 Å². The number of carbonyl (C=O) groups excluding carboxylic acids is 1. The average Bonchev–Trinajstić information content (AvgIpc) is 3.16. The highest BCUT2D eigenvalue weighted by Crippen LogP contribution is 2.19. The molecule has 28 heavy (non-hydrogen) atoms. The Kier molecular flexibility index (Phi) is 5.53. The van der Waals surface area contributed by atoms with Gasteiger partial charge in [0.15, 0.2) is 5.76 Å². The number of fused-ring (bicyclic) bond motifs is 1. The number of hydrogen-bond donors (Lipinski definition) is 1. The maximum Gasteiger partial charge on any atom is 0.287 e. The Morgan fingerprint density at radius 1 is 1.18 bits per heavy atom. The van der Waals surface area contributed by atoms with Gasteiger partial charge >= 0.3 is 0 Å². The summed E-state index contributed by atoms with van der Waals surface area (Å²) in [5, 5.41) is 8.05. The van der Waals surface area contributed by atoms with Gasteiger partial charge in [0.1, 0.15) is 5.58 Å². The van der Waals surface area contributed by atoms with Crippen LogP contribution in [0.4, 0.5) is 0 Å². The second-order valence-electron chi connectivity index (χ2n) is 7.13. The molecule has 1 aromatic carbocycles. The molecule has 7 heteroatoms. The molecule has 3 aromatic rings. The number of nitrogens with zero attached hydrogens (tertiary/aromatic N) is 3. The van der Waals surface area contributed by atoms with Crippen LogP contribution in [0.25, 0.3) is 11.0 Å².